The molecule has 1 fully saturated rings. The fourth-order valence-electron chi connectivity index (χ4n) is 4.37. The van der Waals surface area contributed by atoms with Crippen LogP contribution in [0, 0.1) is 23.1 Å². The van der Waals surface area contributed by atoms with Crippen molar-refractivity contribution in [1.82, 2.24) is 9.97 Å². The SMILES string of the molecule is CNc1cc(-c2ccc(OCCC3CCN(c4ccc(F)cn4)CC3)c(C(F)(F)F)c2)nc(C#N)c1N. The van der Waals surface area contributed by atoms with Crippen LogP contribution in [0.3, 0.4) is 0 Å². The molecule has 0 bridgehead atoms. The summed E-state index contributed by atoms with van der Waals surface area (Å²) in [4.78, 5) is 10.3. The normalized spacial score (nSPS) is 14.3. The van der Waals surface area contributed by atoms with Gasteiger partial charge in [0.05, 0.1) is 35.4 Å². The van der Waals surface area contributed by atoms with E-state index in [0.29, 0.717) is 23.8 Å². The summed E-state index contributed by atoms with van der Waals surface area (Å²) in [5.41, 5.74) is 5.79. The Hall–Kier alpha value is -4.07. The summed E-state index contributed by atoms with van der Waals surface area (Å²) >= 11 is 0. The molecule has 2 aromatic heterocycles. The van der Waals surface area contributed by atoms with E-state index < -0.39 is 11.7 Å². The van der Waals surface area contributed by atoms with Crippen LogP contribution >= 0.6 is 0 Å². The number of benzene rings is 1. The summed E-state index contributed by atoms with van der Waals surface area (Å²) in [7, 11) is 1.60. The van der Waals surface area contributed by atoms with Gasteiger partial charge in [-0.15, -0.1) is 0 Å². The maximum atomic E-state index is 13.9. The summed E-state index contributed by atoms with van der Waals surface area (Å²) < 4.78 is 60.4. The maximum Gasteiger partial charge on any atom is 0.419 e. The molecule has 1 aliphatic rings. The Balaban J connectivity index is 1.42. The Morgan fingerprint density at radius 1 is 1.19 bits per heavy atom. The smallest absolute Gasteiger partial charge is 0.419 e. The van der Waals surface area contributed by atoms with Crippen LogP contribution in [-0.4, -0.2) is 36.7 Å². The highest BCUT2D eigenvalue weighted by atomic mass is 19.4. The van der Waals surface area contributed by atoms with Crippen molar-refractivity contribution in [3.8, 4) is 23.1 Å². The third kappa shape index (κ3) is 6.02. The van der Waals surface area contributed by atoms with Gasteiger partial charge < -0.3 is 20.7 Å². The van der Waals surface area contributed by atoms with Crippen molar-refractivity contribution in [2.24, 2.45) is 5.92 Å². The molecule has 11 heteroatoms. The molecule has 3 aromatic rings. The molecule has 0 spiro atoms. The van der Waals surface area contributed by atoms with E-state index >= 15 is 0 Å². The second-order valence-corrected chi connectivity index (χ2v) is 8.79. The average Bonchev–Trinajstić information content (AvgIpc) is 2.89. The first kappa shape index (κ1) is 26.0. The molecular weight excluding hydrogens is 488 g/mol. The first-order valence-corrected chi connectivity index (χ1v) is 11.8. The number of anilines is 3. The molecule has 1 saturated heterocycles. The van der Waals surface area contributed by atoms with Gasteiger partial charge in [0.1, 0.15) is 23.5 Å². The molecule has 3 heterocycles. The Morgan fingerprint density at radius 3 is 2.57 bits per heavy atom. The van der Waals surface area contributed by atoms with Gasteiger partial charge in [0.25, 0.3) is 0 Å². The summed E-state index contributed by atoms with van der Waals surface area (Å²) in [5, 5.41) is 12.1. The van der Waals surface area contributed by atoms with Crippen LogP contribution in [0.2, 0.25) is 0 Å². The predicted octanol–water partition coefficient (Wildman–Crippen LogP) is 5.48. The zero-order valence-corrected chi connectivity index (χ0v) is 20.1. The first-order valence-electron chi connectivity index (χ1n) is 11.8. The quantitative estimate of drug-likeness (QED) is 0.403. The molecule has 194 valence electrons. The summed E-state index contributed by atoms with van der Waals surface area (Å²) in [6.45, 7) is 1.61. The predicted molar refractivity (Wildman–Crippen MR) is 133 cm³/mol. The second kappa shape index (κ2) is 10.9. The van der Waals surface area contributed by atoms with Gasteiger partial charge in [-0.25, -0.2) is 14.4 Å². The van der Waals surface area contributed by atoms with E-state index in [4.69, 9.17) is 10.5 Å². The number of nitrogens with zero attached hydrogens (tertiary/aromatic N) is 4. The Morgan fingerprint density at radius 2 is 1.95 bits per heavy atom. The van der Waals surface area contributed by atoms with Crippen molar-refractivity contribution in [1.29, 1.82) is 5.26 Å². The number of alkyl halides is 3. The Bertz CT molecular complexity index is 1280. The van der Waals surface area contributed by atoms with Gasteiger partial charge in [-0.05, 0) is 61.6 Å². The molecule has 0 aliphatic carbocycles. The lowest BCUT2D eigenvalue weighted by atomic mass is 9.94. The largest absolute Gasteiger partial charge is 0.493 e. The highest BCUT2D eigenvalue weighted by Crippen LogP contribution is 2.39. The number of nitrogens with two attached hydrogens (primary N) is 1. The minimum Gasteiger partial charge on any atom is -0.493 e. The number of piperidine rings is 1. The van der Waals surface area contributed by atoms with E-state index in [9.17, 15) is 22.8 Å². The average molecular weight is 515 g/mol. The molecule has 0 atom stereocenters. The highest BCUT2D eigenvalue weighted by molar-refractivity contribution is 5.77. The van der Waals surface area contributed by atoms with Crippen molar-refractivity contribution in [3.05, 3.63) is 59.7 Å². The maximum absolute atomic E-state index is 13.9. The molecule has 0 unspecified atom stereocenters. The number of hydrogen-bond donors (Lipinski definition) is 2. The zero-order chi connectivity index (χ0) is 26.6. The molecule has 1 aliphatic heterocycles. The number of aromatic nitrogens is 2. The number of nitriles is 1. The fraction of sp³-hybridized carbons (Fsp3) is 0.346. The van der Waals surface area contributed by atoms with Gasteiger partial charge in [0.15, 0.2) is 5.69 Å². The Kier molecular flexibility index (Phi) is 7.66. The lowest BCUT2D eigenvalue weighted by molar-refractivity contribution is -0.138. The monoisotopic (exact) mass is 514 g/mol. The number of rotatable bonds is 7. The molecule has 37 heavy (non-hydrogen) atoms. The van der Waals surface area contributed by atoms with Crippen LogP contribution in [0.4, 0.5) is 34.8 Å². The van der Waals surface area contributed by atoms with Crippen molar-refractivity contribution in [2.75, 3.05) is 42.7 Å². The molecule has 7 nitrogen and oxygen atoms in total. The van der Waals surface area contributed by atoms with Crippen molar-refractivity contribution < 1.29 is 22.3 Å². The van der Waals surface area contributed by atoms with Gasteiger partial charge in [-0.1, -0.05) is 0 Å². The molecule has 3 N–H and O–H groups in total. The minimum absolute atomic E-state index is 0.0722. The Labute approximate surface area is 211 Å². The number of nitrogens with one attached hydrogen (secondary N) is 1. The summed E-state index contributed by atoms with van der Waals surface area (Å²) in [6.07, 6.45) is -1.17. The van der Waals surface area contributed by atoms with E-state index in [-0.39, 0.29) is 40.8 Å². The van der Waals surface area contributed by atoms with Gasteiger partial charge in [0, 0.05) is 25.7 Å². The summed E-state index contributed by atoms with van der Waals surface area (Å²) in [6, 6.07) is 10.1. The van der Waals surface area contributed by atoms with Crippen molar-refractivity contribution in [2.45, 2.75) is 25.4 Å². The van der Waals surface area contributed by atoms with Gasteiger partial charge in [-0.3, -0.25) is 0 Å². The highest BCUT2D eigenvalue weighted by Gasteiger charge is 2.35. The van der Waals surface area contributed by atoms with E-state index in [1.807, 2.05) is 6.07 Å². The number of hydrogen-bond acceptors (Lipinski definition) is 7. The summed E-state index contributed by atoms with van der Waals surface area (Å²) in [5.74, 6) is 0.370. The second-order valence-electron chi connectivity index (χ2n) is 8.79. The van der Waals surface area contributed by atoms with Crippen LogP contribution < -0.4 is 20.7 Å². The third-order valence-corrected chi connectivity index (χ3v) is 6.45. The van der Waals surface area contributed by atoms with Crippen LogP contribution in [-0.2, 0) is 6.18 Å². The molecular formula is C26H26F4N6O. The van der Waals surface area contributed by atoms with E-state index in [0.717, 1.165) is 32.0 Å². The first-order chi connectivity index (χ1) is 17.7. The van der Waals surface area contributed by atoms with E-state index in [2.05, 4.69) is 20.2 Å². The zero-order valence-electron chi connectivity index (χ0n) is 20.1. The van der Waals surface area contributed by atoms with Crippen LogP contribution in [0.25, 0.3) is 11.3 Å². The molecule has 0 amide bonds. The van der Waals surface area contributed by atoms with Gasteiger partial charge in [0.2, 0.25) is 0 Å². The van der Waals surface area contributed by atoms with Crippen molar-refractivity contribution >= 4 is 17.2 Å². The van der Waals surface area contributed by atoms with Crippen LogP contribution in [0.15, 0.2) is 42.6 Å². The molecule has 0 saturated carbocycles. The topological polar surface area (TPSA) is 100 Å². The lowest BCUT2D eigenvalue weighted by Gasteiger charge is -2.32. The minimum atomic E-state index is -4.64. The van der Waals surface area contributed by atoms with Gasteiger partial charge >= 0.3 is 6.18 Å². The standard InChI is InChI=1S/C26H26F4N6O/c1-33-21-13-20(35-22(14-31)25(21)32)17-2-4-23(19(12-17)26(28,29)30)37-11-8-16-6-9-36(10-7-16)24-5-3-18(27)15-34-24/h2-5,12-13,15-16H,6-11,32H2,1H3,(H,33,35). The third-order valence-electron chi connectivity index (χ3n) is 6.45. The lowest BCUT2D eigenvalue weighted by Crippen LogP contribution is -2.34. The molecule has 1 aromatic carbocycles. The van der Waals surface area contributed by atoms with E-state index in [1.165, 1.54) is 30.5 Å². The van der Waals surface area contributed by atoms with Gasteiger partial charge in [-0.2, -0.15) is 18.4 Å². The molecule has 0 radical (unpaired) electrons. The van der Waals surface area contributed by atoms with Crippen LogP contribution in [0.5, 0.6) is 5.75 Å². The van der Waals surface area contributed by atoms with Crippen molar-refractivity contribution in [3.63, 3.8) is 0 Å². The number of pyridine rings is 2. The number of ether oxygens (including phenoxy) is 1. The fourth-order valence-corrected chi connectivity index (χ4v) is 4.37. The van der Waals surface area contributed by atoms with Crippen LogP contribution in [0.1, 0.15) is 30.5 Å². The number of halogens is 4. The van der Waals surface area contributed by atoms with E-state index in [1.54, 1.807) is 13.1 Å². The molecule has 4 rings (SSSR count). The number of nitrogen functional groups attached to an aromatic ring is 1.